The zero-order chi connectivity index (χ0) is 25.4. The number of nitrogens with zero attached hydrogens (tertiary/aromatic N) is 1. The molecule has 2 aromatic rings. The number of carbonyl (C=O) groups excluding carboxylic acids is 1. The molecule has 2 N–H and O–H groups in total. The van der Waals surface area contributed by atoms with E-state index in [-0.39, 0.29) is 17.4 Å². The Labute approximate surface area is 220 Å². The molecule has 4 nitrogen and oxygen atoms in total. The van der Waals surface area contributed by atoms with Gasteiger partial charge in [-0.1, -0.05) is 36.8 Å². The van der Waals surface area contributed by atoms with Gasteiger partial charge in [-0.25, -0.2) is 0 Å². The molecule has 0 unspecified atom stereocenters. The quantitative estimate of drug-likeness (QED) is 0.542. The highest BCUT2D eigenvalue weighted by atomic mass is 16.3. The van der Waals surface area contributed by atoms with E-state index in [2.05, 4.69) is 36.2 Å². The molecule has 3 fully saturated rings. The minimum Gasteiger partial charge on any atom is -0.396 e. The number of ketones is 1. The summed E-state index contributed by atoms with van der Waals surface area (Å²) in [6.07, 6.45) is 14.9. The molecule has 7 rings (SSSR count). The van der Waals surface area contributed by atoms with E-state index in [0.29, 0.717) is 48.7 Å². The van der Waals surface area contributed by atoms with E-state index in [4.69, 9.17) is 0 Å². The van der Waals surface area contributed by atoms with Crippen molar-refractivity contribution in [2.75, 3.05) is 6.61 Å². The summed E-state index contributed by atoms with van der Waals surface area (Å²) in [6, 6.07) is 11.2. The Bertz CT molecular complexity index is 1270. The van der Waals surface area contributed by atoms with Gasteiger partial charge in [-0.15, -0.1) is 0 Å². The molecule has 37 heavy (non-hydrogen) atoms. The van der Waals surface area contributed by atoms with E-state index < -0.39 is 5.60 Å². The van der Waals surface area contributed by atoms with Crippen LogP contribution in [0.15, 0.2) is 54.4 Å². The highest BCUT2D eigenvalue weighted by molar-refractivity contribution is 5.91. The molecular weight excluding hydrogens is 458 g/mol. The summed E-state index contributed by atoms with van der Waals surface area (Å²) in [7, 11) is 0. The maximum atomic E-state index is 12.6. The van der Waals surface area contributed by atoms with Crippen molar-refractivity contribution in [3.8, 4) is 11.1 Å². The Kier molecular flexibility index (Phi) is 5.37. The molecule has 7 atom stereocenters. The van der Waals surface area contributed by atoms with Gasteiger partial charge in [0, 0.05) is 25.4 Å². The number of allylic oxidation sites excluding steroid dienone is 1. The SMILES string of the molecule is C[C@]12C[C@@H]3c4ccc(-c5cccnc5)cc4C[C@]45CCC(=O)C=C4CC[C@H]([C@H]35)[C@H]1CC[C@]2(O)CCCO. The van der Waals surface area contributed by atoms with E-state index in [9.17, 15) is 15.0 Å². The van der Waals surface area contributed by atoms with Crippen molar-refractivity contribution in [2.24, 2.45) is 28.6 Å². The van der Waals surface area contributed by atoms with Crippen molar-refractivity contribution in [1.82, 2.24) is 4.98 Å². The monoisotopic (exact) mass is 497 g/mol. The highest BCUT2D eigenvalue weighted by Crippen LogP contribution is 2.73. The molecule has 1 heterocycles. The Hall–Kier alpha value is -2.30. The van der Waals surface area contributed by atoms with Crippen molar-refractivity contribution in [2.45, 2.75) is 82.7 Å². The average Bonchev–Trinajstić information content (AvgIpc) is 3.18. The van der Waals surface area contributed by atoms with Crippen LogP contribution in [0.25, 0.3) is 11.1 Å². The molecule has 1 aromatic heterocycles. The van der Waals surface area contributed by atoms with Crippen molar-refractivity contribution in [3.05, 3.63) is 65.5 Å². The van der Waals surface area contributed by atoms with Crippen molar-refractivity contribution < 1.29 is 15.0 Å². The lowest BCUT2D eigenvalue weighted by molar-refractivity contribution is -0.146. The van der Waals surface area contributed by atoms with Crippen LogP contribution in [-0.2, 0) is 11.2 Å². The number of aliphatic hydroxyl groups excluding tert-OH is 1. The maximum Gasteiger partial charge on any atom is 0.155 e. The van der Waals surface area contributed by atoms with Gasteiger partial charge in [0.25, 0.3) is 0 Å². The van der Waals surface area contributed by atoms with E-state index >= 15 is 0 Å². The number of benzene rings is 1. The van der Waals surface area contributed by atoms with Gasteiger partial charge in [0.1, 0.15) is 0 Å². The van der Waals surface area contributed by atoms with Crippen LogP contribution in [0.5, 0.6) is 0 Å². The van der Waals surface area contributed by atoms with Crippen molar-refractivity contribution in [1.29, 1.82) is 0 Å². The Morgan fingerprint density at radius 1 is 1.11 bits per heavy atom. The molecule has 1 spiro atoms. The summed E-state index contributed by atoms with van der Waals surface area (Å²) in [4.78, 5) is 17.0. The smallest absolute Gasteiger partial charge is 0.155 e. The Morgan fingerprint density at radius 3 is 2.81 bits per heavy atom. The standard InChI is InChI=1S/C33H39NO3/c1-31-19-28-26-7-5-21(22-4-2-14-34-20-22)16-23(26)18-32-12-9-25(36)17-24(32)6-8-27(30(28)32)29(31)10-13-33(31,37)11-3-15-35/h2,4-5,7,14,16-17,20,27-30,35,37H,3,6,8-13,15,18-19H2,1H3/t27-,28+,29+,30+,31-,32+,33+/m0/s1. The third-order valence-corrected chi connectivity index (χ3v) is 11.8. The first kappa shape index (κ1) is 23.8. The summed E-state index contributed by atoms with van der Waals surface area (Å²) in [5.74, 6) is 2.36. The van der Waals surface area contributed by atoms with E-state index in [1.54, 1.807) is 0 Å². The molecule has 0 saturated heterocycles. The average molecular weight is 498 g/mol. The minimum atomic E-state index is -0.704. The summed E-state index contributed by atoms with van der Waals surface area (Å²) < 4.78 is 0. The third kappa shape index (κ3) is 3.27. The molecular formula is C33H39NO3. The van der Waals surface area contributed by atoms with Gasteiger partial charge >= 0.3 is 0 Å². The number of pyridine rings is 1. The highest BCUT2D eigenvalue weighted by Gasteiger charge is 2.68. The molecule has 0 amide bonds. The van der Waals surface area contributed by atoms with Gasteiger partial charge in [-0.2, -0.15) is 0 Å². The summed E-state index contributed by atoms with van der Waals surface area (Å²) in [5, 5.41) is 21.7. The van der Waals surface area contributed by atoms with Crippen molar-refractivity contribution in [3.63, 3.8) is 0 Å². The number of hydrogen-bond donors (Lipinski definition) is 2. The molecule has 1 aromatic carbocycles. The third-order valence-electron chi connectivity index (χ3n) is 11.8. The molecule has 0 aliphatic heterocycles. The van der Waals surface area contributed by atoms with Gasteiger partial charge in [0.15, 0.2) is 5.78 Å². The van der Waals surface area contributed by atoms with Gasteiger partial charge in [0.2, 0.25) is 0 Å². The second-order valence-corrected chi connectivity index (χ2v) is 13.1. The fraction of sp³-hybridized carbons (Fsp3) is 0.576. The van der Waals surface area contributed by atoms with Crippen LogP contribution in [0, 0.1) is 28.6 Å². The summed E-state index contributed by atoms with van der Waals surface area (Å²) in [5.41, 5.74) is 5.92. The maximum absolute atomic E-state index is 12.6. The second-order valence-electron chi connectivity index (χ2n) is 13.1. The first-order valence-corrected chi connectivity index (χ1v) is 14.5. The van der Waals surface area contributed by atoms with Gasteiger partial charge < -0.3 is 10.2 Å². The minimum absolute atomic E-state index is 0.0786. The molecule has 194 valence electrons. The fourth-order valence-corrected chi connectivity index (χ4v) is 10.2. The number of aliphatic hydroxyl groups is 2. The zero-order valence-corrected chi connectivity index (χ0v) is 22.0. The number of rotatable bonds is 4. The summed E-state index contributed by atoms with van der Waals surface area (Å²) in [6.45, 7) is 2.52. The van der Waals surface area contributed by atoms with Crippen LogP contribution < -0.4 is 0 Å². The molecule has 3 saturated carbocycles. The lowest BCUT2D eigenvalue weighted by atomic mass is 9.39. The normalized spacial score (nSPS) is 39.8. The lowest BCUT2D eigenvalue weighted by Gasteiger charge is -2.65. The van der Waals surface area contributed by atoms with E-state index in [1.807, 2.05) is 24.5 Å². The van der Waals surface area contributed by atoms with Crippen LogP contribution in [0.3, 0.4) is 0 Å². The van der Waals surface area contributed by atoms with Crippen LogP contribution in [0.1, 0.15) is 81.8 Å². The van der Waals surface area contributed by atoms with Crippen LogP contribution in [0.2, 0.25) is 0 Å². The van der Waals surface area contributed by atoms with Gasteiger partial charge in [0.05, 0.1) is 5.60 Å². The fourth-order valence-electron chi connectivity index (χ4n) is 10.2. The molecule has 0 bridgehead atoms. The molecule has 5 aliphatic carbocycles. The molecule has 5 aliphatic rings. The Morgan fingerprint density at radius 2 is 2.00 bits per heavy atom. The lowest BCUT2D eigenvalue weighted by Crippen LogP contribution is -2.59. The number of carbonyl (C=O) groups is 1. The van der Waals surface area contributed by atoms with Crippen LogP contribution in [-0.4, -0.2) is 33.2 Å². The van der Waals surface area contributed by atoms with Crippen LogP contribution >= 0.6 is 0 Å². The predicted molar refractivity (Wildman–Crippen MR) is 144 cm³/mol. The Balaban J connectivity index is 1.38. The number of fused-ring (bicyclic) bond motifs is 4. The van der Waals surface area contributed by atoms with E-state index in [0.717, 1.165) is 50.5 Å². The molecule has 4 heteroatoms. The second kappa shape index (κ2) is 8.35. The van der Waals surface area contributed by atoms with Gasteiger partial charge in [-0.3, -0.25) is 9.78 Å². The number of aromatic nitrogens is 1. The van der Waals surface area contributed by atoms with Crippen molar-refractivity contribution >= 4 is 5.78 Å². The largest absolute Gasteiger partial charge is 0.396 e. The first-order chi connectivity index (χ1) is 17.9. The molecule has 0 radical (unpaired) electrons. The van der Waals surface area contributed by atoms with Crippen LogP contribution in [0.4, 0.5) is 0 Å². The van der Waals surface area contributed by atoms with E-state index in [1.165, 1.54) is 22.3 Å². The topological polar surface area (TPSA) is 70.4 Å². The first-order valence-electron chi connectivity index (χ1n) is 14.5. The number of hydrogen-bond acceptors (Lipinski definition) is 4. The van der Waals surface area contributed by atoms with Gasteiger partial charge in [-0.05, 0) is 127 Å². The zero-order valence-electron chi connectivity index (χ0n) is 22.0. The predicted octanol–water partition coefficient (Wildman–Crippen LogP) is 6.01. The summed E-state index contributed by atoms with van der Waals surface area (Å²) >= 11 is 0.